The molecule has 1 aliphatic heterocycles. The van der Waals surface area contributed by atoms with E-state index < -0.39 is 5.60 Å². The van der Waals surface area contributed by atoms with Crippen LogP contribution < -0.4 is 0 Å². The monoisotopic (exact) mass is 262 g/mol. The van der Waals surface area contributed by atoms with Gasteiger partial charge in [-0.2, -0.15) is 0 Å². The molecule has 1 heterocycles. The van der Waals surface area contributed by atoms with E-state index in [9.17, 15) is 4.79 Å². The molecule has 1 aliphatic rings. The quantitative estimate of drug-likeness (QED) is 0.496. The number of hydrogen-bond donors (Lipinski definition) is 0. The molecule has 0 radical (unpaired) electrons. The Bertz CT molecular complexity index is 233. The van der Waals surface area contributed by atoms with Gasteiger partial charge in [0, 0.05) is 13.1 Å². The van der Waals surface area contributed by atoms with E-state index in [1.165, 1.54) is 0 Å². The van der Waals surface area contributed by atoms with Crippen molar-refractivity contribution < 1.29 is 29.0 Å². The number of amides is 1. The van der Waals surface area contributed by atoms with E-state index in [0.29, 0.717) is 6.54 Å². The zero-order valence-corrected chi connectivity index (χ0v) is 13.3. The Kier molecular flexibility index (Phi) is 4.78. The van der Waals surface area contributed by atoms with Crippen LogP contribution in [0.1, 0.15) is 34.1 Å². The van der Waals surface area contributed by atoms with E-state index in [1.54, 1.807) is 4.90 Å². The number of nitrogens with zero attached hydrogens (tertiary/aromatic N) is 1. The molecule has 0 aliphatic carbocycles. The van der Waals surface area contributed by atoms with Gasteiger partial charge in [0.25, 0.3) is 0 Å². The van der Waals surface area contributed by atoms with Crippen molar-refractivity contribution in [2.24, 2.45) is 5.41 Å². The van der Waals surface area contributed by atoms with Crippen LogP contribution in [0, 0.1) is 12.3 Å². The SMILES string of the molecule is [CH2-]C1(C)CCN(C(=O)OC(C)(C)C)C1.[Zn+2]. The van der Waals surface area contributed by atoms with Gasteiger partial charge in [0.2, 0.25) is 0 Å². The summed E-state index contributed by atoms with van der Waals surface area (Å²) in [6.07, 6.45) is 0.733. The van der Waals surface area contributed by atoms with Crippen molar-refractivity contribution in [1.29, 1.82) is 0 Å². The molecule has 3 nitrogen and oxygen atoms in total. The maximum absolute atomic E-state index is 11.6. The Morgan fingerprint density at radius 1 is 1.47 bits per heavy atom. The van der Waals surface area contributed by atoms with Crippen LogP contribution in [0.15, 0.2) is 0 Å². The number of ether oxygens (including phenoxy) is 1. The molecule has 0 aromatic heterocycles. The van der Waals surface area contributed by atoms with Gasteiger partial charge in [0.05, 0.1) is 0 Å². The molecular weight excluding hydrogens is 244 g/mol. The smallest absolute Gasteiger partial charge is 0.444 e. The van der Waals surface area contributed by atoms with Crippen molar-refractivity contribution >= 4 is 6.09 Å². The first-order chi connectivity index (χ1) is 6.20. The molecule has 1 atom stereocenters. The summed E-state index contributed by atoms with van der Waals surface area (Å²) in [5, 5.41) is 0. The summed E-state index contributed by atoms with van der Waals surface area (Å²) in [6.45, 7) is 13.2. The zero-order valence-electron chi connectivity index (χ0n) is 10.3. The van der Waals surface area contributed by atoms with Crippen LogP contribution in [0.4, 0.5) is 4.79 Å². The average molecular weight is 264 g/mol. The third-order valence-corrected chi connectivity index (χ3v) is 2.21. The van der Waals surface area contributed by atoms with Crippen molar-refractivity contribution in [2.75, 3.05) is 13.1 Å². The van der Waals surface area contributed by atoms with Gasteiger partial charge in [0.1, 0.15) is 5.60 Å². The number of carbonyl (C=O) groups is 1. The van der Waals surface area contributed by atoms with Crippen molar-refractivity contribution in [1.82, 2.24) is 4.90 Å². The number of hydrogen-bond acceptors (Lipinski definition) is 2. The molecule has 1 amide bonds. The molecule has 0 saturated carbocycles. The average Bonchev–Trinajstić information content (AvgIpc) is 2.26. The Hall–Kier alpha value is -0.107. The number of carbonyl (C=O) groups excluding carboxylic acids is 1. The van der Waals surface area contributed by atoms with Crippen molar-refractivity contribution in [3.63, 3.8) is 0 Å². The van der Waals surface area contributed by atoms with Crippen molar-refractivity contribution in [3.8, 4) is 0 Å². The number of rotatable bonds is 0. The fraction of sp³-hybridized carbons (Fsp3) is 0.818. The van der Waals surface area contributed by atoms with E-state index in [0.717, 1.165) is 13.0 Å². The standard InChI is InChI=1S/C11H20NO2.Zn/c1-10(2,3)14-9(13)12-7-6-11(4,5)8-12;/h4,6-8H2,1-3,5H3;/q-1;+2. The summed E-state index contributed by atoms with van der Waals surface area (Å²) >= 11 is 0. The Morgan fingerprint density at radius 3 is 2.33 bits per heavy atom. The molecule has 4 heteroatoms. The van der Waals surface area contributed by atoms with Crippen molar-refractivity contribution in [3.05, 3.63) is 6.92 Å². The molecule has 0 spiro atoms. The van der Waals surface area contributed by atoms with Gasteiger partial charge < -0.3 is 16.6 Å². The fourth-order valence-corrected chi connectivity index (χ4v) is 1.51. The molecule has 1 rings (SSSR count). The van der Waals surface area contributed by atoms with Gasteiger partial charge >= 0.3 is 25.6 Å². The Labute approximate surface area is 105 Å². The first kappa shape index (κ1) is 14.9. The molecule has 0 aromatic rings. The van der Waals surface area contributed by atoms with Gasteiger partial charge in [-0.3, -0.25) is 0 Å². The first-order valence-electron chi connectivity index (χ1n) is 5.03. The topological polar surface area (TPSA) is 29.5 Å². The van der Waals surface area contributed by atoms with E-state index >= 15 is 0 Å². The van der Waals surface area contributed by atoms with Crippen LogP contribution >= 0.6 is 0 Å². The van der Waals surface area contributed by atoms with Crippen LogP contribution in [0.2, 0.25) is 0 Å². The fourth-order valence-electron chi connectivity index (χ4n) is 1.51. The first-order valence-corrected chi connectivity index (χ1v) is 5.03. The molecule has 1 unspecified atom stereocenters. The maximum atomic E-state index is 11.6. The van der Waals surface area contributed by atoms with Crippen LogP contribution in [0.25, 0.3) is 0 Å². The van der Waals surface area contributed by atoms with Crippen LogP contribution in [-0.2, 0) is 24.2 Å². The predicted molar refractivity (Wildman–Crippen MR) is 55.9 cm³/mol. The van der Waals surface area contributed by atoms with Gasteiger partial charge in [-0.05, 0) is 20.8 Å². The summed E-state index contributed by atoms with van der Waals surface area (Å²) in [4.78, 5) is 13.4. The second-order valence-corrected chi connectivity index (χ2v) is 5.46. The van der Waals surface area contributed by atoms with E-state index in [2.05, 4.69) is 13.8 Å². The molecule has 82 valence electrons. The molecule has 0 bridgehead atoms. The second-order valence-electron chi connectivity index (χ2n) is 5.46. The van der Waals surface area contributed by atoms with Gasteiger partial charge in [0.15, 0.2) is 0 Å². The van der Waals surface area contributed by atoms with Crippen LogP contribution in [-0.4, -0.2) is 29.7 Å². The summed E-state index contributed by atoms with van der Waals surface area (Å²) in [5.41, 5.74) is -0.409. The summed E-state index contributed by atoms with van der Waals surface area (Å²) in [7, 11) is 0. The zero-order chi connectivity index (χ0) is 11.0. The predicted octanol–water partition coefficient (Wildman–Crippen LogP) is 2.47. The number of likely N-dealkylation sites (tertiary alicyclic amines) is 1. The second kappa shape index (κ2) is 4.82. The molecule has 1 fully saturated rings. The minimum Gasteiger partial charge on any atom is -0.444 e. The van der Waals surface area contributed by atoms with Crippen molar-refractivity contribution in [2.45, 2.75) is 39.7 Å². The van der Waals surface area contributed by atoms with E-state index in [1.807, 2.05) is 20.8 Å². The normalized spacial score (nSPS) is 26.1. The maximum Gasteiger partial charge on any atom is 2.00 e. The Balaban J connectivity index is 0.00000196. The minimum absolute atomic E-state index is 0. The Morgan fingerprint density at radius 2 is 2.00 bits per heavy atom. The molecule has 15 heavy (non-hydrogen) atoms. The van der Waals surface area contributed by atoms with Gasteiger partial charge in [-0.25, -0.2) is 4.79 Å². The molecule has 0 aromatic carbocycles. The van der Waals surface area contributed by atoms with Crippen LogP contribution in [0.3, 0.4) is 0 Å². The third-order valence-electron chi connectivity index (χ3n) is 2.21. The molecular formula is C11H20NO2Zn+. The van der Waals surface area contributed by atoms with Crippen LogP contribution in [0.5, 0.6) is 0 Å². The third kappa shape index (κ3) is 4.97. The van der Waals surface area contributed by atoms with Gasteiger partial charge in [-0.1, -0.05) is 13.3 Å². The summed E-state index contributed by atoms with van der Waals surface area (Å²) in [5.74, 6) is 0. The summed E-state index contributed by atoms with van der Waals surface area (Å²) in [6, 6.07) is 0. The summed E-state index contributed by atoms with van der Waals surface area (Å²) < 4.78 is 5.27. The molecule has 0 N–H and O–H groups in total. The largest absolute Gasteiger partial charge is 2.00 e. The minimum atomic E-state index is -0.406. The van der Waals surface area contributed by atoms with E-state index in [4.69, 9.17) is 4.74 Å². The molecule has 1 saturated heterocycles. The van der Waals surface area contributed by atoms with E-state index in [-0.39, 0.29) is 31.0 Å². The van der Waals surface area contributed by atoms with Gasteiger partial charge in [-0.15, -0.1) is 5.41 Å².